The Labute approximate surface area is 50.5 Å². The minimum absolute atomic E-state index is 1.03. The molecule has 0 aromatic carbocycles. The molecule has 2 heteroatoms. The number of allylic oxidation sites excluding steroid dienone is 1. The maximum atomic E-state index is 3.73. The van der Waals surface area contributed by atoms with Crippen molar-refractivity contribution in [3.63, 3.8) is 0 Å². The van der Waals surface area contributed by atoms with Gasteiger partial charge < -0.3 is 0 Å². The molecule has 0 saturated carbocycles. The van der Waals surface area contributed by atoms with Crippen LogP contribution in [0.15, 0.2) is 12.3 Å². The summed E-state index contributed by atoms with van der Waals surface area (Å²) in [6.45, 7) is 5.68. The third-order valence-electron chi connectivity index (χ3n) is 0.925. The van der Waals surface area contributed by atoms with E-state index in [9.17, 15) is 0 Å². The van der Waals surface area contributed by atoms with Gasteiger partial charge in [0.2, 0.25) is 6.34 Å². The summed E-state index contributed by atoms with van der Waals surface area (Å²) in [4.78, 5) is 0. The topological polar surface area (TPSA) is 15.0 Å². The van der Waals surface area contributed by atoms with Crippen LogP contribution in [0.5, 0.6) is 0 Å². The van der Waals surface area contributed by atoms with Gasteiger partial charge in [-0.05, 0) is 6.92 Å². The minimum atomic E-state index is 1.03. The van der Waals surface area contributed by atoms with E-state index in [-0.39, 0.29) is 0 Å². The molecule has 8 heavy (non-hydrogen) atoms. The highest BCUT2D eigenvalue weighted by atomic mass is 15.0. The van der Waals surface area contributed by atoms with Crippen molar-refractivity contribution >= 4 is 6.34 Å². The fourth-order valence-corrected chi connectivity index (χ4v) is 0.304. The van der Waals surface area contributed by atoms with E-state index in [1.165, 1.54) is 0 Å². The molecule has 1 N–H and O–H groups in total. The van der Waals surface area contributed by atoms with Crippen molar-refractivity contribution in [2.24, 2.45) is 0 Å². The Morgan fingerprint density at radius 1 is 1.75 bits per heavy atom. The molecule has 0 bridgehead atoms. The molecule has 0 saturated heterocycles. The van der Waals surface area contributed by atoms with Crippen molar-refractivity contribution in [1.82, 2.24) is 5.32 Å². The number of hydrogen-bond acceptors (Lipinski definition) is 0. The van der Waals surface area contributed by atoms with Crippen molar-refractivity contribution in [2.75, 3.05) is 14.1 Å². The third kappa shape index (κ3) is 2.39. The highest BCUT2D eigenvalue weighted by Crippen LogP contribution is 1.81. The van der Waals surface area contributed by atoms with Crippen LogP contribution in [0.4, 0.5) is 0 Å². The Bertz CT molecular complexity index is 114. The van der Waals surface area contributed by atoms with E-state index in [4.69, 9.17) is 0 Å². The average molecular weight is 113 g/mol. The van der Waals surface area contributed by atoms with E-state index in [1.807, 2.05) is 31.9 Å². The molecule has 0 unspecified atom stereocenters. The lowest BCUT2D eigenvalue weighted by Gasteiger charge is -1.93. The summed E-state index contributed by atoms with van der Waals surface area (Å²) in [7, 11) is 3.80. The summed E-state index contributed by atoms with van der Waals surface area (Å²) in [5, 5.41) is 2.89. The molecule has 0 aliphatic rings. The third-order valence-corrected chi connectivity index (χ3v) is 0.925. The van der Waals surface area contributed by atoms with Crippen LogP contribution < -0.4 is 5.32 Å². The van der Waals surface area contributed by atoms with Gasteiger partial charge in [0.05, 0.1) is 19.8 Å². The van der Waals surface area contributed by atoms with Crippen molar-refractivity contribution in [2.45, 2.75) is 6.92 Å². The van der Waals surface area contributed by atoms with Gasteiger partial charge in [0, 0.05) is 0 Å². The molecule has 2 nitrogen and oxygen atoms in total. The lowest BCUT2D eigenvalue weighted by atomic mass is 10.6. The van der Waals surface area contributed by atoms with Gasteiger partial charge >= 0.3 is 0 Å². The molecule has 0 aliphatic carbocycles. The van der Waals surface area contributed by atoms with Crippen molar-refractivity contribution < 1.29 is 4.58 Å². The number of rotatable bonds is 2. The first-order valence-electron chi connectivity index (χ1n) is 2.57. The van der Waals surface area contributed by atoms with Gasteiger partial charge in [-0.25, -0.2) is 4.58 Å². The zero-order chi connectivity index (χ0) is 6.57. The predicted octanol–water partition coefficient (Wildman–Crippen LogP) is 0.410. The molecule has 0 radical (unpaired) electrons. The summed E-state index contributed by atoms with van der Waals surface area (Å²) in [5.41, 5.74) is 1.03. The number of nitrogens with one attached hydrogen (secondary N) is 1. The van der Waals surface area contributed by atoms with Gasteiger partial charge in [-0.1, -0.05) is 6.58 Å². The lowest BCUT2D eigenvalue weighted by Crippen LogP contribution is -2.13. The van der Waals surface area contributed by atoms with Gasteiger partial charge in [-0.2, -0.15) is 0 Å². The predicted molar refractivity (Wildman–Crippen MR) is 36.1 cm³/mol. The average Bonchev–Trinajstić information content (AvgIpc) is 1.67. The first-order valence-corrected chi connectivity index (χ1v) is 2.57. The Hall–Kier alpha value is -0.790. The van der Waals surface area contributed by atoms with Gasteiger partial charge in [0.1, 0.15) is 0 Å². The van der Waals surface area contributed by atoms with Crippen molar-refractivity contribution in [3.05, 3.63) is 12.3 Å². The van der Waals surface area contributed by atoms with Crippen LogP contribution in [0, 0.1) is 0 Å². The summed E-state index contributed by atoms with van der Waals surface area (Å²) in [5.74, 6) is 0. The second-order valence-electron chi connectivity index (χ2n) is 1.76. The molecule has 0 aromatic rings. The molecular formula is C6H13N2+. The smallest absolute Gasteiger partial charge is 0.236 e. The second kappa shape index (κ2) is 3.24. The monoisotopic (exact) mass is 113 g/mol. The number of hydrogen-bond donors (Lipinski definition) is 1. The fraction of sp³-hybridized carbons (Fsp3) is 0.500. The molecule has 0 rings (SSSR count). The molecular weight excluding hydrogens is 100 g/mol. The largest absolute Gasteiger partial charge is 0.283 e. The summed E-state index contributed by atoms with van der Waals surface area (Å²) < 4.78 is 1.92. The molecule has 46 valence electrons. The molecule has 0 spiro atoms. The highest BCUT2D eigenvalue weighted by Gasteiger charge is 1.86. The van der Waals surface area contributed by atoms with E-state index >= 15 is 0 Å². The Balaban J connectivity index is 3.80. The molecule has 0 fully saturated rings. The van der Waals surface area contributed by atoms with Gasteiger partial charge in [-0.3, -0.25) is 5.32 Å². The quantitative estimate of drug-likeness (QED) is 0.311. The Morgan fingerprint density at radius 2 is 2.25 bits per heavy atom. The van der Waals surface area contributed by atoms with E-state index in [0.717, 1.165) is 5.70 Å². The Kier molecular flexibility index (Phi) is 2.92. The SMILES string of the molecule is C=C(C)[N+](C)=CNC. The van der Waals surface area contributed by atoms with E-state index in [2.05, 4.69) is 11.9 Å². The van der Waals surface area contributed by atoms with Crippen molar-refractivity contribution in [1.29, 1.82) is 0 Å². The van der Waals surface area contributed by atoms with E-state index < -0.39 is 0 Å². The van der Waals surface area contributed by atoms with Gasteiger partial charge in [0.15, 0.2) is 0 Å². The molecule has 0 amide bonds. The first-order chi connectivity index (χ1) is 3.68. The number of nitrogens with zero attached hydrogens (tertiary/aromatic N) is 1. The van der Waals surface area contributed by atoms with Crippen LogP contribution in [0.3, 0.4) is 0 Å². The van der Waals surface area contributed by atoms with Crippen LogP contribution in [0.1, 0.15) is 6.92 Å². The van der Waals surface area contributed by atoms with Gasteiger partial charge in [0.25, 0.3) is 0 Å². The van der Waals surface area contributed by atoms with Crippen LogP contribution in [0.2, 0.25) is 0 Å². The molecule has 0 aliphatic heterocycles. The van der Waals surface area contributed by atoms with E-state index in [0.29, 0.717) is 0 Å². The van der Waals surface area contributed by atoms with E-state index in [1.54, 1.807) is 0 Å². The minimum Gasteiger partial charge on any atom is -0.283 e. The zero-order valence-electron chi connectivity index (χ0n) is 5.73. The van der Waals surface area contributed by atoms with Crippen LogP contribution in [-0.4, -0.2) is 25.0 Å². The second-order valence-corrected chi connectivity index (χ2v) is 1.76. The molecule has 0 heterocycles. The highest BCUT2D eigenvalue weighted by molar-refractivity contribution is 5.47. The zero-order valence-corrected chi connectivity index (χ0v) is 5.73. The van der Waals surface area contributed by atoms with Gasteiger partial charge in [-0.15, -0.1) is 0 Å². The molecule has 0 aromatic heterocycles. The van der Waals surface area contributed by atoms with Crippen LogP contribution in [0.25, 0.3) is 0 Å². The fourth-order valence-electron chi connectivity index (χ4n) is 0.304. The van der Waals surface area contributed by atoms with Crippen LogP contribution in [-0.2, 0) is 0 Å². The lowest BCUT2D eigenvalue weighted by molar-refractivity contribution is -0.439. The molecule has 0 atom stereocenters. The maximum absolute atomic E-state index is 3.73. The standard InChI is InChI=1S/C6H12N2/c1-6(2)8(4)5-7-3/h5H,1H2,2-4H3/p+1. The summed E-state index contributed by atoms with van der Waals surface area (Å²) >= 11 is 0. The Morgan fingerprint density at radius 3 is 2.38 bits per heavy atom. The first kappa shape index (κ1) is 7.21. The summed E-state index contributed by atoms with van der Waals surface area (Å²) in [6, 6.07) is 0. The normalized spacial score (nSPS) is 11.1. The van der Waals surface area contributed by atoms with Crippen LogP contribution >= 0.6 is 0 Å². The maximum Gasteiger partial charge on any atom is 0.236 e. The van der Waals surface area contributed by atoms with Crippen molar-refractivity contribution in [3.8, 4) is 0 Å². The summed E-state index contributed by atoms with van der Waals surface area (Å²) in [6.07, 6.45) is 1.85.